The van der Waals surface area contributed by atoms with Gasteiger partial charge < -0.3 is 0 Å². The lowest BCUT2D eigenvalue weighted by atomic mass is 9.81. The molecule has 0 fully saturated rings. The minimum atomic E-state index is -0.290. The van der Waals surface area contributed by atoms with Crippen molar-refractivity contribution in [2.24, 2.45) is 0 Å². The summed E-state index contributed by atoms with van der Waals surface area (Å²) >= 11 is 0. The molecule has 0 bridgehead atoms. The summed E-state index contributed by atoms with van der Waals surface area (Å²) in [4.78, 5) is 20.8. The van der Waals surface area contributed by atoms with Gasteiger partial charge in [-0.05, 0) is 81.9 Å². The molecule has 0 saturated carbocycles. The van der Waals surface area contributed by atoms with E-state index in [2.05, 4.69) is 105 Å². The van der Waals surface area contributed by atoms with Crippen molar-refractivity contribution in [2.45, 2.75) is 19.3 Å². The van der Waals surface area contributed by atoms with Crippen molar-refractivity contribution in [3.63, 3.8) is 0 Å². The van der Waals surface area contributed by atoms with Crippen LogP contribution in [0.4, 0.5) is 0 Å². The van der Waals surface area contributed by atoms with Gasteiger partial charge in [0, 0.05) is 38.6 Å². The molecule has 7 aromatic carbocycles. The van der Waals surface area contributed by atoms with Crippen LogP contribution in [0.25, 0.3) is 89.7 Å². The Hall–Kier alpha value is -7.55. The van der Waals surface area contributed by atoms with E-state index >= 15 is 0 Å². The lowest BCUT2D eigenvalue weighted by molar-refractivity contribution is 0.660. The summed E-state index contributed by atoms with van der Waals surface area (Å²) < 4.78 is 0. The fourth-order valence-electron chi connectivity index (χ4n) is 8.15. The van der Waals surface area contributed by atoms with Crippen LogP contribution < -0.4 is 0 Å². The van der Waals surface area contributed by atoms with E-state index in [-0.39, 0.29) is 5.41 Å². The van der Waals surface area contributed by atoms with E-state index in [1.165, 1.54) is 22.3 Å². The van der Waals surface area contributed by atoms with Gasteiger partial charge in [0.25, 0.3) is 0 Å². The number of para-hydroxylation sites is 1. The van der Waals surface area contributed by atoms with Gasteiger partial charge in [-0.1, -0.05) is 141 Å². The number of nitrogens with zero attached hydrogens (tertiary/aromatic N) is 5. The maximum absolute atomic E-state index is 9.72. The zero-order valence-electron chi connectivity index (χ0n) is 31.5. The van der Waals surface area contributed by atoms with Crippen LogP contribution in [-0.2, 0) is 5.41 Å². The molecule has 10 rings (SSSR count). The van der Waals surface area contributed by atoms with Crippen molar-refractivity contribution in [3.8, 4) is 84.9 Å². The largest absolute Gasteiger partial charge is 0.228 e. The number of hydrogen-bond acceptors (Lipinski definition) is 5. The van der Waals surface area contributed by atoms with Crippen LogP contribution in [0, 0.1) is 11.3 Å². The minimum absolute atomic E-state index is 0.290. The number of hydrogen-bond donors (Lipinski definition) is 0. The molecule has 0 unspecified atom stereocenters. The van der Waals surface area contributed by atoms with Crippen molar-refractivity contribution in [1.29, 1.82) is 5.26 Å². The van der Waals surface area contributed by atoms with Gasteiger partial charge in [0.05, 0.1) is 34.2 Å². The van der Waals surface area contributed by atoms with Crippen LogP contribution in [0.5, 0.6) is 0 Å². The Labute approximate surface area is 331 Å². The van der Waals surface area contributed by atoms with Crippen LogP contribution in [0.1, 0.15) is 30.5 Å². The smallest absolute Gasteiger partial charge is 0.160 e. The third-order valence-corrected chi connectivity index (χ3v) is 11.1. The molecule has 9 aromatic rings. The summed E-state index contributed by atoms with van der Waals surface area (Å²) in [6.45, 7) is 4.49. The van der Waals surface area contributed by atoms with E-state index in [0.717, 1.165) is 66.9 Å². The number of rotatable bonds is 6. The summed E-state index contributed by atoms with van der Waals surface area (Å²) in [7, 11) is 0. The monoisotopic (exact) mass is 729 g/mol. The summed E-state index contributed by atoms with van der Waals surface area (Å²) in [6.07, 6.45) is 0. The van der Waals surface area contributed by atoms with E-state index in [4.69, 9.17) is 19.9 Å². The molecule has 0 saturated heterocycles. The van der Waals surface area contributed by atoms with Gasteiger partial charge in [-0.2, -0.15) is 5.26 Å². The molecule has 0 aliphatic heterocycles. The fourth-order valence-corrected chi connectivity index (χ4v) is 8.15. The molecule has 0 N–H and O–H groups in total. The van der Waals surface area contributed by atoms with Crippen LogP contribution in [0.2, 0.25) is 0 Å². The van der Waals surface area contributed by atoms with Crippen LogP contribution in [0.15, 0.2) is 176 Å². The molecule has 0 amide bonds. The highest BCUT2D eigenvalue weighted by molar-refractivity contribution is 5.94. The zero-order valence-corrected chi connectivity index (χ0v) is 31.5. The quantitative estimate of drug-likeness (QED) is 0.170. The highest BCUT2D eigenvalue weighted by Gasteiger charge is 2.36. The molecule has 0 atom stereocenters. The van der Waals surface area contributed by atoms with Gasteiger partial charge in [-0.25, -0.2) is 19.9 Å². The molecule has 0 spiro atoms. The molecule has 0 radical (unpaired) electrons. The Morgan fingerprint density at radius 2 is 0.982 bits per heavy atom. The van der Waals surface area contributed by atoms with Crippen LogP contribution >= 0.6 is 0 Å². The van der Waals surface area contributed by atoms with Crippen LogP contribution in [0.3, 0.4) is 0 Å². The van der Waals surface area contributed by atoms with Crippen molar-refractivity contribution >= 4 is 10.9 Å². The first-order valence-corrected chi connectivity index (χ1v) is 19.1. The third kappa shape index (κ3) is 6.05. The Balaban J connectivity index is 1.21. The molecule has 2 aromatic heterocycles. The Morgan fingerprint density at radius 3 is 1.70 bits per heavy atom. The standard InChI is InChI=1S/C52H35N5/c1-52(2)44-26-33(32-53)22-24-41(44)42-25-23-37(30-45(42)52)38-27-39(48-31-47(34-14-6-3-7-15-34)55-50(56-48)36-18-10-5-11-19-36)29-40(28-38)51-54-46-21-13-12-20-43(46)49(57-51)35-16-8-4-9-17-35/h3-31H,1-2H3. The SMILES string of the molecule is CC1(C)c2cc(C#N)ccc2-c2ccc(-c3cc(-c4cc(-c5ccccc5)nc(-c5ccccc5)n4)cc(-c4nc(-c5ccccc5)c5ccccc5n4)c3)cc21. The molecule has 268 valence electrons. The molecule has 5 nitrogen and oxygen atoms in total. The van der Waals surface area contributed by atoms with Crippen molar-refractivity contribution in [1.82, 2.24) is 19.9 Å². The van der Waals surface area contributed by atoms with E-state index in [0.29, 0.717) is 17.2 Å². The van der Waals surface area contributed by atoms with Gasteiger partial charge in [0.15, 0.2) is 11.6 Å². The van der Waals surface area contributed by atoms with E-state index < -0.39 is 0 Å². The number of aromatic nitrogens is 4. The molecular weight excluding hydrogens is 695 g/mol. The van der Waals surface area contributed by atoms with Gasteiger partial charge in [-0.3, -0.25) is 0 Å². The second kappa shape index (κ2) is 13.6. The first kappa shape index (κ1) is 34.0. The fraction of sp³-hybridized carbons (Fsp3) is 0.0577. The summed E-state index contributed by atoms with van der Waals surface area (Å²) in [6, 6.07) is 62.7. The lowest BCUT2D eigenvalue weighted by Gasteiger charge is -2.22. The van der Waals surface area contributed by atoms with Gasteiger partial charge >= 0.3 is 0 Å². The van der Waals surface area contributed by atoms with E-state index in [9.17, 15) is 5.26 Å². The predicted molar refractivity (Wildman–Crippen MR) is 230 cm³/mol. The average Bonchev–Trinajstić information content (AvgIpc) is 3.51. The Morgan fingerprint density at radius 1 is 0.421 bits per heavy atom. The van der Waals surface area contributed by atoms with Crippen molar-refractivity contribution in [3.05, 3.63) is 193 Å². The highest BCUT2D eigenvalue weighted by Crippen LogP contribution is 2.50. The molecular formula is C52H35N5. The zero-order chi connectivity index (χ0) is 38.5. The molecule has 5 heteroatoms. The van der Waals surface area contributed by atoms with Crippen molar-refractivity contribution < 1.29 is 0 Å². The summed E-state index contributed by atoms with van der Waals surface area (Å²) in [5.74, 6) is 1.29. The number of fused-ring (bicyclic) bond motifs is 4. The lowest BCUT2D eigenvalue weighted by Crippen LogP contribution is -2.15. The molecule has 57 heavy (non-hydrogen) atoms. The molecule has 2 heterocycles. The predicted octanol–water partition coefficient (Wildman–Crippen LogP) is 12.6. The topological polar surface area (TPSA) is 75.3 Å². The Bertz CT molecular complexity index is 2980. The second-order valence-corrected chi connectivity index (χ2v) is 15.0. The second-order valence-electron chi connectivity index (χ2n) is 15.0. The molecule has 1 aliphatic carbocycles. The number of benzene rings is 7. The van der Waals surface area contributed by atoms with Gasteiger partial charge in [0.1, 0.15) is 0 Å². The summed E-state index contributed by atoms with van der Waals surface area (Å²) in [5.41, 5.74) is 15.5. The van der Waals surface area contributed by atoms with Gasteiger partial charge in [-0.15, -0.1) is 0 Å². The maximum Gasteiger partial charge on any atom is 0.160 e. The summed E-state index contributed by atoms with van der Waals surface area (Å²) in [5, 5.41) is 10.7. The maximum atomic E-state index is 9.72. The Kier molecular flexibility index (Phi) is 8.13. The third-order valence-electron chi connectivity index (χ3n) is 11.1. The average molecular weight is 730 g/mol. The number of nitriles is 1. The minimum Gasteiger partial charge on any atom is -0.228 e. The van der Waals surface area contributed by atoms with E-state index in [1.54, 1.807) is 0 Å². The normalized spacial score (nSPS) is 12.5. The first-order valence-electron chi connectivity index (χ1n) is 19.1. The first-order chi connectivity index (χ1) is 27.9. The molecule has 1 aliphatic rings. The van der Waals surface area contributed by atoms with Crippen LogP contribution in [-0.4, -0.2) is 19.9 Å². The van der Waals surface area contributed by atoms with E-state index in [1.807, 2.05) is 91.0 Å². The van der Waals surface area contributed by atoms with Crippen molar-refractivity contribution in [2.75, 3.05) is 0 Å². The van der Waals surface area contributed by atoms with Gasteiger partial charge in [0.2, 0.25) is 0 Å². The highest BCUT2D eigenvalue weighted by atomic mass is 14.9.